The van der Waals surface area contributed by atoms with Gasteiger partial charge in [0.15, 0.2) is 0 Å². The number of hydrogen-bond acceptors (Lipinski definition) is 8. The van der Waals surface area contributed by atoms with Crippen LogP contribution in [0.25, 0.3) is 60.9 Å². The predicted molar refractivity (Wildman–Crippen MR) is 195 cm³/mol. The van der Waals surface area contributed by atoms with Crippen molar-refractivity contribution in [3.63, 3.8) is 0 Å². The van der Waals surface area contributed by atoms with Crippen LogP contribution in [0.3, 0.4) is 0 Å². The standard InChI is InChI=1S/C38H31F2N7O4S/c1-42-38(48)36-28-13-26(32(45(2)52(3,49)50)16-34(28)51-37(36)21-7-9-23(39)10-8-21)29-14-27-30(18-43-29)44-35(20-46-12-11-24(40)19-46)47-31-6-4-5-22(17-41)25(31)15-33(27)47/h4-10,13-16,18,24H,11-12,19-20H2,1-3H3,(H,42,48)/t24-/m1/s1. The number of carbonyl (C=O) groups excluding carboxylic acids is 1. The minimum Gasteiger partial charge on any atom is -0.455 e. The molecule has 0 aliphatic carbocycles. The highest BCUT2D eigenvalue weighted by molar-refractivity contribution is 7.92. The first-order valence-corrected chi connectivity index (χ1v) is 18.3. The summed E-state index contributed by atoms with van der Waals surface area (Å²) >= 11 is 0. The van der Waals surface area contributed by atoms with E-state index in [4.69, 9.17) is 14.4 Å². The van der Waals surface area contributed by atoms with Crippen molar-refractivity contribution in [2.75, 3.05) is 37.7 Å². The lowest BCUT2D eigenvalue weighted by Crippen LogP contribution is -2.25. The van der Waals surface area contributed by atoms with E-state index < -0.39 is 27.9 Å². The van der Waals surface area contributed by atoms with Gasteiger partial charge in [0, 0.05) is 60.5 Å². The fourth-order valence-electron chi connectivity index (χ4n) is 7.05. The summed E-state index contributed by atoms with van der Waals surface area (Å²) in [6.45, 7) is 1.28. The molecule has 1 fully saturated rings. The van der Waals surface area contributed by atoms with Gasteiger partial charge in [-0.1, -0.05) is 6.07 Å². The van der Waals surface area contributed by atoms with E-state index in [2.05, 4.69) is 11.4 Å². The van der Waals surface area contributed by atoms with Crippen molar-refractivity contribution in [1.29, 1.82) is 5.26 Å². The lowest BCUT2D eigenvalue weighted by Gasteiger charge is -2.21. The van der Waals surface area contributed by atoms with Gasteiger partial charge in [0.1, 0.15) is 29.2 Å². The molecule has 1 amide bonds. The Morgan fingerprint density at radius 3 is 2.58 bits per heavy atom. The van der Waals surface area contributed by atoms with Crippen molar-refractivity contribution in [3.05, 3.63) is 95.7 Å². The van der Waals surface area contributed by atoms with Gasteiger partial charge in [-0.2, -0.15) is 5.26 Å². The van der Waals surface area contributed by atoms with Gasteiger partial charge in [-0.3, -0.25) is 23.4 Å². The fraction of sp³-hybridized carbons (Fsp3) is 0.211. The highest BCUT2D eigenvalue weighted by Crippen LogP contribution is 2.42. The fourth-order valence-corrected chi connectivity index (χ4v) is 7.56. The minimum atomic E-state index is -3.80. The van der Waals surface area contributed by atoms with E-state index in [1.807, 2.05) is 27.5 Å². The molecule has 14 heteroatoms. The van der Waals surface area contributed by atoms with E-state index in [1.54, 1.807) is 30.5 Å². The molecule has 1 aliphatic rings. The van der Waals surface area contributed by atoms with E-state index in [1.165, 1.54) is 38.4 Å². The topological polar surface area (TPSA) is 137 Å². The largest absolute Gasteiger partial charge is 0.455 e. The van der Waals surface area contributed by atoms with E-state index in [0.717, 1.165) is 27.0 Å². The van der Waals surface area contributed by atoms with Gasteiger partial charge in [0.05, 0.1) is 64.1 Å². The molecule has 262 valence electrons. The summed E-state index contributed by atoms with van der Waals surface area (Å²) < 4.78 is 63.3. The zero-order chi connectivity index (χ0) is 36.5. The molecule has 1 aliphatic heterocycles. The van der Waals surface area contributed by atoms with Crippen LogP contribution in [-0.4, -0.2) is 73.2 Å². The number of furan rings is 1. The van der Waals surface area contributed by atoms with E-state index >= 15 is 0 Å². The molecule has 4 aromatic heterocycles. The molecule has 0 unspecified atom stereocenters. The van der Waals surface area contributed by atoms with Crippen molar-refractivity contribution < 1.29 is 26.4 Å². The zero-order valence-electron chi connectivity index (χ0n) is 28.3. The van der Waals surface area contributed by atoms with Gasteiger partial charge < -0.3 is 9.73 Å². The molecule has 0 saturated carbocycles. The van der Waals surface area contributed by atoms with Gasteiger partial charge in [-0.05, 0) is 61.0 Å². The van der Waals surface area contributed by atoms with Crippen LogP contribution in [0, 0.1) is 17.1 Å². The molecule has 8 rings (SSSR count). The molecule has 5 heterocycles. The van der Waals surface area contributed by atoms with Gasteiger partial charge in [0.25, 0.3) is 5.91 Å². The molecule has 0 radical (unpaired) electrons. The van der Waals surface area contributed by atoms with Crippen LogP contribution in [0.15, 0.2) is 77.3 Å². The number of halogens is 2. The monoisotopic (exact) mass is 719 g/mol. The van der Waals surface area contributed by atoms with E-state index in [9.17, 15) is 27.3 Å². The Kier molecular flexibility index (Phi) is 7.93. The second-order valence-electron chi connectivity index (χ2n) is 12.9. The Morgan fingerprint density at radius 1 is 1.10 bits per heavy atom. The SMILES string of the molecule is CNC(=O)c1c(-c2ccc(F)cc2)oc2cc(N(C)S(C)(=O)=O)c(-c3cc4c(cn3)nc(CN3CC[C@@H](F)C3)n3c5cccc(C#N)c5cc43)cc12. The van der Waals surface area contributed by atoms with Crippen LogP contribution in [0.4, 0.5) is 14.5 Å². The minimum absolute atomic E-state index is 0.188. The summed E-state index contributed by atoms with van der Waals surface area (Å²) in [6, 6.07) is 20.2. The van der Waals surface area contributed by atoms with Crippen LogP contribution >= 0.6 is 0 Å². The number of anilines is 1. The number of pyridine rings is 1. The van der Waals surface area contributed by atoms with E-state index in [-0.39, 0.29) is 22.6 Å². The predicted octanol–water partition coefficient (Wildman–Crippen LogP) is 6.43. The molecule has 1 N–H and O–H groups in total. The lowest BCUT2D eigenvalue weighted by atomic mass is 10.00. The number of rotatable bonds is 7. The van der Waals surface area contributed by atoms with Crippen molar-refractivity contribution >= 4 is 59.9 Å². The summed E-state index contributed by atoms with van der Waals surface area (Å²) in [5.74, 6) is -0.0573. The zero-order valence-corrected chi connectivity index (χ0v) is 29.1. The molecular formula is C38H31F2N7O4S. The summed E-state index contributed by atoms with van der Waals surface area (Å²) in [5.41, 5.74) is 4.45. The number of likely N-dealkylation sites (tertiary alicyclic amines) is 1. The molecule has 1 atom stereocenters. The Bertz CT molecular complexity index is 2760. The van der Waals surface area contributed by atoms with Crippen LogP contribution in [0.1, 0.15) is 28.2 Å². The highest BCUT2D eigenvalue weighted by atomic mass is 32.2. The molecule has 0 spiro atoms. The first kappa shape index (κ1) is 33.2. The normalized spacial score (nSPS) is 15.2. The average molecular weight is 720 g/mol. The number of nitrogens with zero attached hydrogens (tertiary/aromatic N) is 6. The molecule has 52 heavy (non-hydrogen) atoms. The maximum absolute atomic E-state index is 14.2. The summed E-state index contributed by atoms with van der Waals surface area (Å²) in [5, 5.41) is 14.4. The number of fused-ring (bicyclic) bond motifs is 6. The maximum Gasteiger partial charge on any atom is 0.255 e. The third-order valence-corrected chi connectivity index (χ3v) is 10.9. The number of nitriles is 1. The average Bonchev–Trinajstić information content (AvgIpc) is 3.85. The Morgan fingerprint density at radius 2 is 1.88 bits per heavy atom. The second kappa shape index (κ2) is 12.4. The summed E-state index contributed by atoms with van der Waals surface area (Å²) in [6.07, 6.45) is 2.22. The number of benzene rings is 3. The van der Waals surface area contributed by atoms with Gasteiger partial charge in [-0.25, -0.2) is 22.2 Å². The third-order valence-electron chi connectivity index (χ3n) is 9.69. The molecule has 1 saturated heterocycles. The first-order chi connectivity index (χ1) is 24.9. The number of carbonyl (C=O) groups is 1. The number of aromatic nitrogens is 3. The lowest BCUT2D eigenvalue weighted by molar-refractivity contribution is 0.0964. The second-order valence-corrected chi connectivity index (χ2v) is 15.0. The third kappa shape index (κ3) is 5.49. The van der Waals surface area contributed by atoms with Crippen LogP contribution < -0.4 is 9.62 Å². The van der Waals surface area contributed by atoms with E-state index in [0.29, 0.717) is 70.6 Å². The smallest absolute Gasteiger partial charge is 0.255 e. The van der Waals surface area contributed by atoms with Crippen LogP contribution in [-0.2, 0) is 16.6 Å². The van der Waals surface area contributed by atoms with Crippen LogP contribution in [0.5, 0.6) is 0 Å². The summed E-state index contributed by atoms with van der Waals surface area (Å²) in [4.78, 5) is 25.2. The van der Waals surface area contributed by atoms with Crippen molar-refractivity contribution in [3.8, 4) is 28.7 Å². The maximum atomic E-state index is 14.2. The van der Waals surface area contributed by atoms with Crippen LogP contribution in [0.2, 0.25) is 0 Å². The Labute approximate surface area is 296 Å². The Hall–Kier alpha value is -5.91. The molecule has 11 nitrogen and oxygen atoms in total. The quantitative estimate of drug-likeness (QED) is 0.199. The molecular weight excluding hydrogens is 689 g/mol. The van der Waals surface area contributed by atoms with Crippen molar-refractivity contribution in [1.82, 2.24) is 24.6 Å². The molecule has 3 aromatic carbocycles. The van der Waals surface area contributed by atoms with Gasteiger partial charge in [-0.15, -0.1) is 0 Å². The van der Waals surface area contributed by atoms with Crippen molar-refractivity contribution in [2.24, 2.45) is 0 Å². The van der Waals surface area contributed by atoms with Gasteiger partial charge >= 0.3 is 0 Å². The van der Waals surface area contributed by atoms with Crippen molar-refractivity contribution in [2.45, 2.75) is 19.1 Å². The number of amides is 1. The highest BCUT2D eigenvalue weighted by Gasteiger charge is 2.28. The Balaban J connectivity index is 1.40. The summed E-state index contributed by atoms with van der Waals surface area (Å²) in [7, 11) is -0.894. The number of alkyl halides is 1. The van der Waals surface area contributed by atoms with Gasteiger partial charge in [0.2, 0.25) is 10.0 Å². The number of nitrogens with one attached hydrogen (secondary N) is 1. The molecule has 0 bridgehead atoms. The molecule has 7 aromatic rings. The number of hydrogen-bond donors (Lipinski definition) is 1. The first-order valence-electron chi connectivity index (χ1n) is 16.5. The number of sulfonamides is 1.